The van der Waals surface area contributed by atoms with Gasteiger partial charge in [0.05, 0.1) is 6.61 Å². The number of amides is 1. The number of ether oxygens (including phenoxy) is 1. The van der Waals surface area contributed by atoms with Gasteiger partial charge in [-0.1, -0.05) is 30.3 Å². The molecule has 0 unspecified atom stereocenters. The summed E-state index contributed by atoms with van der Waals surface area (Å²) in [6.07, 6.45) is 0.525. The van der Waals surface area contributed by atoms with Crippen LogP contribution < -0.4 is 0 Å². The first-order valence-electron chi connectivity index (χ1n) is 6.58. The maximum absolute atomic E-state index is 12.4. The number of hydrogen-bond donors (Lipinski definition) is 0. The minimum Gasteiger partial charge on any atom is -0.465 e. The van der Waals surface area contributed by atoms with Crippen LogP contribution in [-0.4, -0.2) is 29.9 Å². The quantitative estimate of drug-likeness (QED) is 0.615. The third-order valence-corrected chi connectivity index (χ3v) is 3.58. The summed E-state index contributed by atoms with van der Waals surface area (Å²) in [5, 5.41) is 0. The van der Waals surface area contributed by atoms with Gasteiger partial charge in [-0.2, -0.15) is 0 Å². The average Bonchev–Trinajstić information content (AvgIpc) is 2.70. The van der Waals surface area contributed by atoms with E-state index in [1.165, 1.54) is 0 Å². The highest BCUT2D eigenvalue weighted by Gasteiger charge is 2.49. The fourth-order valence-corrected chi connectivity index (χ4v) is 2.35. The van der Waals surface area contributed by atoms with Crippen molar-refractivity contribution in [3.05, 3.63) is 35.9 Å². The second-order valence-corrected chi connectivity index (χ2v) is 5.01. The molecule has 4 heteroatoms. The van der Waals surface area contributed by atoms with Crippen LogP contribution in [-0.2, 0) is 20.9 Å². The molecule has 1 heterocycles. The van der Waals surface area contributed by atoms with Gasteiger partial charge in [0, 0.05) is 13.1 Å². The van der Waals surface area contributed by atoms with E-state index < -0.39 is 11.4 Å². The van der Waals surface area contributed by atoms with Gasteiger partial charge in [-0.25, -0.2) is 0 Å². The number of esters is 1. The van der Waals surface area contributed by atoms with Gasteiger partial charge in [0.15, 0.2) is 0 Å². The second kappa shape index (κ2) is 5.43. The number of carbonyl (C=O) groups excluding carboxylic acids is 2. The lowest BCUT2D eigenvalue weighted by atomic mass is 9.89. The highest BCUT2D eigenvalue weighted by Crippen LogP contribution is 2.33. The molecule has 0 bridgehead atoms. The number of rotatable bonds is 4. The molecule has 1 aromatic rings. The summed E-state index contributed by atoms with van der Waals surface area (Å²) < 4.78 is 5.01. The first kappa shape index (κ1) is 13.6. The molecule has 0 aromatic heterocycles. The maximum Gasteiger partial charge on any atom is 0.321 e. The topological polar surface area (TPSA) is 46.6 Å². The molecule has 1 fully saturated rings. The largest absolute Gasteiger partial charge is 0.465 e. The van der Waals surface area contributed by atoms with Gasteiger partial charge in [0.1, 0.15) is 5.41 Å². The number of nitrogens with zero attached hydrogens (tertiary/aromatic N) is 1. The fraction of sp³-hybridized carbons (Fsp3) is 0.467. The van der Waals surface area contributed by atoms with Crippen LogP contribution in [0.4, 0.5) is 0 Å². The van der Waals surface area contributed by atoms with Gasteiger partial charge in [0.2, 0.25) is 5.91 Å². The molecule has 0 aliphatic carbocycles. The third kappa shape index (κ3) is 2.62. The van der Waals surface area contributed by atoms with Crippen LogP contribution in [0.1, 0.15) is 25.8 Å². The van der Waals surface area contributed by atoms with E-state index in [1.54, 1.807) is 18.7 Å². The summed E-state index contributed by atoms with van der Waals surface area (Å²) in [5.41, 5.74) is 0.0640. The zero-order valence-electron chi connectivity index (χ0n) is 11.4. The van der Waals surface area contributed by atoms with E-state index in [0.717, 1.165) is 5.56 Å². The Morgan fingerprint density at radius 2 is 2.05 bits per heavy atom. The Balaban J connectivity index is 2.07. The molecule has 0 radical (unpaired) electrons. The minimum atomic E-state index is -1.01. The molecule has 1 saturated heterocycles. The lowest BCUT2D eigenvalue weighted by Gasteiger charge is -2.21. The standard InChI is InChI=1S/C15H19NO3/c1-3-19-14(18)15(2)9-10-16(13(15)17)11-12-7-5-4-6-8-12/h4-8H,3,9-11H2,1-2H3/t15-/m1/s1. The van der Waals surface area contributed by atoms with Crippen LogP contribution in [0, 0.1) is 5.41 Å². The van der Waals surface area contributed by atoms with Crippen LogP contribution in [0.25, 0.3) is 0 Å². The van der Waals surface area contributed by atoms with Crippen molar-refractivity contribution in [1.82, 2.24) is 4.90 Å². The van der Waals surface area contributed by atoms with E-state index in [-0.39, 0.29) is 5.91 Å². The van der Waals surface area contributed by atoms with Gasteiger partial charge in [0.25, 0.3) is 0 Å². The van der Waals surface area contributed by atoms with Crippen molar-refractivity contribution in [1.29, 1.82) is 0 Å². The summed E-state index contributed by atoms with van der Waals surface area (Å²) >= 11 is 0. The highest BCUT2D eigenvalue weighted by atomic mass is 16.5. The van der Waals surface area contributed by atoms with Crippen molar-refractivity contribution in [2.75, 3.05) is 13.2 Å². The second-order valence-electron chi connectivity index (χ2n) is 5.01. The first-order chi connectivity index (χ1) is 9.08. The normalized spacial score (nSPS) is 22.6. The Bertz CT molecular complexity index is 472. The summed E-state index contributed by atoms with van der Waals surface area (Å²) in [5.74, 6) is -0.537. The predicted octanol–water partition coefficient (Wildman–Crippen LogP) is 1.99. The Morgan fingerprint density at radius 3 is 2.68 bits per heavy atom. The molecule has 102 valence electrons. The van der Waals surface area contributed by atoms with Crippen LogP contribution in [0.5, 0.6) is 0 Å². The van der Waals surface area contributed by atoms with E-state index in [0.29, 0.717) is 26.1 Å². The average molecular weight is 261 g/mol. The summed E-state index contributed by atoms with van der Waals surface area (Å²) in [6, 6.07) is 9.79. The summed E-state index contributed by atoms with van der Waals surface area (Å²) in [6.45, 7) is 4.89. The van der Waals surface area contributed by atoms with Gasteiger partial charge in [-0.3, -0.25) is 9.59 Å². The van der Waals surface area contributed by atoms with Crippen molar-refractivity contribution in [3.63, 3.8) is 0 Å². The lowest BCUT2D eigenvalue weighted by molar-refractivity contribution is -0.159. The van der Waals surface area contributed by atoms with E-state index >= 15 is 0 Å². The van der Waals surface area contributed by atoms with Crippen molar-refractivity contribution >= 4 is 11.9 Å². The number of benzene rings is 1. The van der Waals surface area contributed by atoms with Crippen molar-refractivity contribution in [2.24, 2.45) is 5.41 Å². The molecular weight excluding hydrogens is 242 g/mol. The predicted molar refractivity (Wildman–Crippen MR) is 71.2 cm³/mol. The van der Waals surface area contributed by atoms with Gasteiger partial charge < -0.3 is 9.64 Å². The minimum absolute atomic E-state index is 0.130. The third-order valence-electron chi connectivity index (χ3n) is 3.58. The number of likely N-dealkylation sites (tertiary alicyclic amines) is 1. The monoisotopic (exact) mass is 261 g/mol. The molecule has 0 saturated carbocycles. The van der Waals surface area contributed by atoms with Gasteiger partial charge in [-0.05, 0) is 25.8 Å². The molecular formula is C15H19NO3. The van der Waals surface area contributed by atoms with Crippen molar-refractivity contribution < 1.29 is 14.3 Å². The van der Waals surface area contributed by atoms with Gasteiger partial charge >= 0.3 is 5.97 Å². The highest BCUT2D eigenvalue weighted by molar-refractivity contribution is 6.03. The zero-order chi connectivity index (χ0) is 13.9. The molecule has 1 atom stereocenters. The molecule has 19 heavy (non-hydrogen) atoms. The van der Waals surface area contributed by atoms with Gasteiger partial charge in [-0.15, -0.1) is 0 Å². The SMILES string of the molecule is CCOC(=O)[C@]1(C)CCN(Cc2ccccc2)C1=O. The Hall–Kier alpha value is -1.84. The van der Waals surface area contributed by atoms with Crippen molar-refractivity contribution in [2.45, 2.75) is 26.8 Å². The Kier molecular flexibility index (Phi) is 3.88. The van der Waals surface area contributed by atoms with Crippen LogP contribution in [0.3, 0.4) is 0 Å². The molecule has 2 rings (SSSR count). The molecule has 1 aliphatic heterocycles. The van der Waals surface area contributed by atoms with Crippen LogP contribution in [0.15, 0.2) is 30.3 Å². The molecule has 1 amide bonds. The fourth-order valence-electron chi connectivity index (χ4n) is 2.35. The molecule has 0 N–H and O–H groups in total. The Morgan fingerprint density at radius 1 is 1.37 bits per heavy atom. The van der Waals surface area contributed by atoms with Crippen LogP contribution in [0.2, 0.25) is 0 Å². The lowest BCUT2D eigenvalue weighted by Crippen LogP contribution is -2.39. The van der Waals surface area contributed by atoms with Crippen molar-refractivity contribution in [3.8, 4) is 0 Å². The number of hydrogen-bond acceptors (Lipinski definition) is 3. The summed E-state index contributed by atoms with van der Waals surface area (Å²) in [4.78, 5) is 26.0. The summed E-state index contributed by atoms with van der Waals surface area (Å²) in [7, 11) is 0. The van der Waals surface area contributed by atoms with E-state index in [4.69, 9.17) is 4.74 Å². The smallest absolute Gasteiger partial charge is 0.321 e. The molecule has 4 nitrogen and oxygen atoms in total. The zero-order valence-corrected chi connectivity index (χ0v) is 11.4. The Labute approximate surface area is 113 Å². The molecule has 1 aromatic carbocycles. The van der Waals surface area contributed by atoms with E-state index in [2.05, 4.69) is 0 Å². The van der Waals surface area contributed by atoms with E-state index in [1.807, 2.05) is 30.3 Å². The van der Waals surface area contributed by atoms with Crippen LogP contribution >= 0.6 is 0 Å². The number of carbonyl (C=O) groups is 2. The first-order valence-corrected chi connectivity index (χ1v) is 6.58. The maximum atomic E-state index is 12.4. The molecule has 1 aliphatic rings. The van der Waals surface area contributed by atoms with E-state index in [9.17, 15) is 9.59 Å². The molecule has 0 spiro atoms.